The van der Waals surface area contributed by atoms with Gasteiger partial charge >= 0.3 is 0 Å². The zero-order valence-corrected chi connectivity index (χ0v) is 22.3. The van der Waals surface area contributed by atoms with E-state index < -0.39 is 5.41 Å². The summed E-state index contributed by atoms with van der Waals surface area (Å²) in [5, 5.41) is 0. The van der Waals surface area contributed by atoms with Gasteiger partial charge in [0.2, 0.25) is 0 Å². The quantitative estimate of drug-likeness (QED) is 0.248. The molecule has 0 N–H and O–H groups in total. The van der Waals surface area contributed by atoms with E-state index in [-0.39, 0.29) is 5.78 Å². The Morgan fingerprint density at radius 1 is 0.800 bits per heavy atom. The largest absolute Gasteiger partial charge is 0.456 e. The summed E-state index contributed by atoms with van der Waals surface area (Å²) in [6.45, 7) is 11.0. The van der Waals surface area contributed by atoms with E-state index in [1.165, 1.54) is 36.9 Å². The van der Waals surface area contributed by atoms with Crippen LogP contribution in [-0.2, 0) is 10.2 Å². The summed E-state index contributed by atoms with van der Waals surface area (Å²) in [6, 6.07) is 12.9. The molecule has 0 aromatic heterocycles. The van der Waals surface area contributed by atoms with Crippen LogP contribution in [0.15, 0.2) is 42.5 Å². The molecule has 1 aliphatic heterocycles. The molecule has 0 spiro atoms. The van der Waals surface area contributed by atoms with Crippen molar-refractivity contribution in [2.75, 3.05) is 18.0 Å². The van der Waals surface area contributed by atoms with Gasteiger partial charge in [0.15, 0.2) is 5.78 Å². The Balaban J connectivity index is 1.76. The van der Waals surface area contributed by atoms with E-state index in [2.05, 4.69) is 69.0 Å². The number of ether oxygens (including phenoxy) is 1. The zero-order valence-electron chi connectivity index (χ0n) is 22.3. The molecule has 2 aromatic carbocycles. The van der Waals surface area contributed by atoms with Gasteiger partial charge < -0.3 is 9.64 Å². The van der Waals surface area contributed by atoms with Crippen LogP contribution in [0.3, 0.4) is 0 Å². The third-order valence-corrected chi connectivity index (χ3v) is 7.88. The van der Waals surface area contributed by atoms with Gasteiger partial charge in [-0.05, 0) is 55.5 Å². The first kappa shape index (κ1) is 25.5. The van der Waals surface area contributed by atoms with E-state index in [4.69, 9.17) is 4.74 Å². The Hall–Kier alpha value is -2.55. The van der Waals surface area contributed by atoms with Gasteiger partial charge in [0.1, 0.15) is 11.5 Å². The molecule has 188 valence electrons. The number of fused-ring (bicyclic) bond motifs is 2. The number of nitrogens with zero attached hydrogens (tertiary/aromatic N) is 1. The fraction of sp³-hybridized carbons (Fsp3) is 0.531. The maximum Gasteiger partial charge on any atom is 0.166 e. The molecule has 1 heterocycles. The number of hydrogen-bond donors (Lipinski definition) is 0. The Kier molecular flexibility index (Phi) is 8.36. The van der Waals surface area contributed by atoms with Gasteiger partial charge in [-0.2, -0.15) is 0 Å². The van der Waals surface area contributed by atoms with Crippen molar-refractivity contribution >= 4 is 17.0 Å². The molecule has 35 heavy (non-hydrogen) atoms. The number of ketones is 1. The Labute approximate surface area is 212 Å². The average molecular weight is 474 g/mol. The number of carbonyl (C=O) groups is 1. The fourth-order valence-corrected chi connectivity index (χ4v) is 5.78. The molecule has 2 aromatic rings. The van der Waals surface area contributed by atoms with E-state index in [9.17, 15) is 4.79 Å². The highest BCUT2D eigenvalue weighted by Crippen LogP contribution is 2.53. The van der Waals surface area contributed by atoms with E-state index >= 15 is 0 Å². The van der Waals surface area contributed by atoms with Crippen molar-refractivity contribution in [1.29, 1.82) is 0 Å². The van der Waals surface area contributed by atoms with Gasteiger partial charge in [0.25, 0.3) is 0 Å². The summed E-state index contributed by atoms with van der Waals surface area (Å²) >= 11 is 0. The summed E-state index contributed by atoms with van der Waals surface area (Å²) in [6.07, 6.45) is 12.8. The van der Waals surface area contributed by atoms with Crippen LogP contribution in [0.2, 0.25) is 0 Å². The van der Waals surface area contributed by atoms with Crippen LogP contribution in [0.4, 0.5) is 5.69 Å². The van der Waals surface area contributed by atoms with E-state index in [1.807, 2.05) is 6.08 Å². The molecular weight excluding hydrogens is 430 g/mol. The average Bonchev–Trinajstić information content (AvgIpc) is 2.88. The third kappa shape index (κ3) is 4.92. The highest BCUT2D eigenvalue weighted by Gasteiger charge is 2.45. The molecule has 0 bridgehead atoms. The predicted octanol–water partition coefficient (Wildman–Crippen LogP) is 8.83. The number of anilines is 1. The minimum absolute atomic E-state index is 0.281. The SMILES string of the molecule is CCCCN(CCCC)c1ccc2c(c1)Oc1cccc3c1C2=CC(=O)C3(CCCC)CCCC. The van der Waals surface area contributed by atoms with Crippen molar-refractivity contribution in [2.45, 2.75) is 97.3 Å². The lowest BCUT2D eigenvalue weighted by Crippen LogP contribution is -2.39. The molecule has 2 aliphatic rings. The number of unbranched alkanes of at least 4 members (excludes halogenated alkanes) is 4. The zero-order chi connectivity index (χ0) is 24.8. The molecule has 3 nitrogen and oxygen atoms in total. The first-order valence-corrected chi connectivity index (χ1v) is 14.1. The van der Waals surface area contributed by atoms with Crippen molar-refractivity contribution in [3.05, 3.63) is 59.2 Å². The highest BCUT2D eigenvalue weighted by atomic mass is 16.5. The molecule has 0 radical (unpaired) electrons. The molecule has 0 amide bonds. The van der Waals surface area contributed by atoms with Crippen LogP contribution in [0.1, 0.15) is 109 Å². The number of hydrogen-bond acceptors (Lipinski definition) is 3. The van der Waals surface area contributed by atoms with Crippen molar-refractivity contribution < 1.29 is 9.53 Å². The fourth-order valence-electron chi connectivity index (χ4n) is 5.78. The third-order valence-electron chi connectivity index (χ3n) is 7.88. The number of rotatable bonds is 13. The van der Waals surface area contributed by atoms with Gasteiger partial charge in [0, 0.05) is 41.5 Å². The maximum absolute atomic E-state index is 13.9. The second-order valence-electron chi connectivity index (χ2n) is 10.4. The Morgan fingerprint density at radius 3 is 2.09 bits per heavy atom. The minimum atomic E-state index is -0.418. The maximum atomic E-state index is 13.9. The van der Waals surface area contributed by atoms with Crippen LogP contribution in [0.5, 0.6) is 11.5 Å². The molecule has 0 unspecified atom stereocenters. The van der Waals surface area contributed by atoms with Crippen molar-refractivity contribution in [3.8, 4) is 11.5 Å². The van der Waals surface area contributed by atoms with Crippen LogP contribution in [0, 0.1) is 0 Å². The van der Waals surface area contributed by atoms with Gasteiger partial charge in [-0.25, -0.2) is 0 Å². The molecule has 0 atom stereocenters. The lowest BCUT2D eigenvalue weighted by molar-refractivity contribution is -0.120. The van der Waals surface area contributed by atoms with Crippen LogP contribution >= 0.6 is 0 Å². The predicted molar refractivity (Wildman–Crippen MR) is 148 cm³/mol. The lowest BCUT2D eigenvalue weighted by Gasteiger charge is -2.40. The van der Waals surface area contributed by atoms with E-state index in [0.29, 0.717) is 0 Å². The molecule has 0 saturated heterocycles. The molecule has 1 aliphatic carbocycles. The minimum Gasteiger partial charge on any atom is -0.456 e. The van der Waals surface area contributed by atoms with E-state index in [1.54, 1.807) is 0 Å². The first-order valence-electron chi connectivity index (χ1n) is 14.1. The molecular formula is C32H43NO2. The topological polar surface area (TPSA) is 29.5 Å². The first-order chi connectivity index (χ1) is 17.1. The lowest BCUT2D eigenvalue weighted by atomic mass is 9.63. The van der Waals surface area contributed by atoms with Gasteiger partial charge in [0.05, 0.1) is 5.41 Å². The van der Waals surface area contributed by atoms with Gasteiger partial charge in [-0.15, -0.1) is 0 Å². The van der Waals surface area contributed by atoms with Gasteiger partial charge in [-0.1, -0.05) is 78.4 Å². The Morgan fingerprint density at radius 2 is 1.46 bits per heavy atom. The summed E-state index contributed by atoms with van der Waals surface area (Å²) in [5.74, 6) is 2.05. The van der Waals surface area contributed by atoms with E-state index in [0.717, 1.165) is 79.8 Å². The normalized spacial score (nSPS) is 15.2. The smallest absolute Gasteiger partial charge is 0.166 e. The summed E-state index contributed by atoms with van der Waals surface area (Å²) < 4.78 is 6.58. The Bertz CT molecular complexity index is 1050. The highest BCUT2D eigenvalue weighted by molar-refractivity contribution is 6.12. The van der Waals surface area contributed by atoms with Crippen LogP contribution in [0.25, 0.3) is 5.57 Å². The standard InChI is InChI=1S/C32H43NO2/c1-5-9-18-32(19-10-6-2)27-14-13-15-28-31(27)26(23-30(32)34)25-17-16-24(22-29(25)35-28)33(20-11-7-3)21-12-8-4/h13-17,22-23H,5-12,18-21H2,1-4H3. The molecule has 0 fully saturated rings. The second kappa shape index (κ2) is 11.5. The van der Waals surface area contributed by atoms with Gasteiger partial charge in [-0.3, -0.25) is 4.79 Å². The van der Waals surface area contributed by atoms with Crippen molar-refractivity contribution in [1.82, 2.24) is 0 Å². The number of carbonyl (C=O) groups excluding carboxylic acids is 1. The number of benzene rings is 2. The molecule has 3 heteroatoms. The molecule has 0 saturated carbocycles. The summed E-state index contributed by atoms with van der Waals surface area (Å²) in [4.78, 5) is 16.4. The van der Waals surface area contributed by atoms with Crippen molar-refractivity contribution in [2.24, 2.45) is 0 Å². The second-order valence-corrected chi connectivity index (χ2v) is 10.4. The summed E-state index contributed by atoms with van der Waals surface area (Å²) in [7, 11) is 0. The van der Waals surface area contributed by atoms with Crippen molar-refractivity contribution in [3.63, 3.8) is 0 Å². The van der Waals surface area contributed by atoms with Crippen LogP contribution < -0.4 is 9.64 Å². The molecule has 4 rings (SSSR count). The monoisotopic (exact) mass is 473 g/mol. The van der Waals surface area contributed by atoms with Crippen LogP contribution in [-0.4, -0.2) is 18.9 Å². The summed E-state index contributed by atoms with van der Waals surface area (Å²) in [5.41, 5.74) is 5.22. The number of allylic oxidation sites excluding steroid dienone is 1.